The lowest BCUT2D eigenvalue weighted by Crippen LogP contribution is -2.41. The van der Waals surface area contributed by atoms with Crippen molar-refractivity contribution in [3.8, 4) is 0 Å². The van der Waals surface area contributed by atoms with Crippen LogP contribution >= 0.6 is 15.9 Å². The van der Waals surface area contributed by atoms with E-state index < -0.39 is 30.3 Å². The van der Waals surface area contributed by atoms with Gasteiger partial charge in [-0.1, -0.05) is 25.0 Å². The van der Waals surface area contributed by atoms with Crippen LogP contribution in [0.1, 0.15) is 25.7 Å². The second-order valence-corrected chi connectivity index (χ2v) is 6.67. The van der Waals surface area contributed by atoms with E-state index >= 15 is 0 Å². The van der Waals surface area contributed by atoms with Crippen molar-refractivity contribution in [1.29, 1.82) is 0 Å². The molecule has 1 aromatic rings. The van der Waals surface area contributed by atoms with Gasteiger partial charge in [-0.2, -0.15) is 0 Å². The van der Waals surface area contributed by atoms with E-state index in [2.05, 4.69) is 21.2 Å². The predicted octanol–water partition coefficient (Wildman–Crippen LogP) is 2.12. The van der Waals surface area contributed by atoms with Crippen LogP contribution in [0.25, 0.3) is 0 Å². The Bertz CT molecular complexity index is 715. The fourth-order valence-corrected chi connectivity index (χ4v) is 3.43. The zero-order chi connectivity index (χ0) is 17.3. The molecule has 1 aliphatic heterocycles. The molecule has 1 saturated carbocycles. The van der Waals surface area contributed by atoms with Crippen molar-refractivity contribution in [3.63, 3.8) is 0 Å². The van der Waals surface area contributed by atoms with Crippen LogP contribution in [-0.4, -0.2) is 46.1 Å². The van der Waals surface area contributed by atoms with Gasteiger partial charge in [0.2, 0.25) is 5.91 Å². The Morgan fingerprint density at radius 2 is 1.79 bits per heavy atom. The number of rotatable bonds is 4. The molecule has 7 nitrogen and oxygen atoms in total. The minimum atomic E-state index is -0.936. The number of para-hydroxylation sites is 1. The van der Waals surface area contributed by atoms with Crippen LogP contribution in [0.15, 0.2) is 28.7 Å². The highest BCUT2D eigenvalue weighted by Gasteiger charge is 2.48. The summed E-state index contributed by atoms with van der Waals surface area (Å²) >= 11 is 3.30. The highest BCUT2D eigenvalue weighted by Crippen LogP contribution is 2.28. The van der Waals surface area contributed by atoms with Gasteiger partial charge in [0, 0.05) is 10.5 Å². The Labute approximate surface area is 147 Å². The summed E-state index contributed by atoms with van der Waals surface area (Å²) in [6.45, 7) is -0.478. The molecule has 5 amide bonds. The number of anilines is 1. The first-order valence-electron chi connectivity index (χ1n) is 7.72. The Morgan fingerprint density at radius 1 is 1.12 bits per heavy atom. The van der Waals surface area contributed by atoms with E-state index in [0.717, 1.165) is 17.7 Å². The van der Waals surface area contributed by atoms with E-state index in [0.29, 0.717) is 27.9 Å². The lowest BCUT2D eigenvalue weighted by atomic mass is 10.2. The first kappa shape index (κ1) is 16.6. The Hall–Kier alpha value is -2.22. The average molecular weight is 394 g/mol. The fraction of sp³-hybridized carbons (Fsp3) is 0.375. The molecule has 8 heteroatoms. The lowest BCUT2D eigenvalue weighted by molar-refractivity contribution is -0.144. The van der Waals surface area contributed by atoms with Gasteiger partial charge >= 0.3 is 17.8 Å². The van der Waals surface area contributed by atoms with Crippen LogP contribution in [0, 0.1) is 0 Å². The van der Waals surface area contributed by atoms with Gasteiger partial charge in [0.1, 0.15) is 6.54 Å². The van der Waals surface area contributed by atoms with Crippen LogP contribution in [-0.2, 0) is 14.4 Å². The minimum Gasteiger partial charge on any atom is -0.323 e. The van der Waals surface area contributed by atoms with Gasteiger partial charge in [0.05, 0.1) is 5.69 Å². The molecule has 126 valence electrons. The maximum absolute atomic E-state index is 12.4. The van der Waals surface area contributed by atoms with Gasteiger partial charge in [-0.25, -0.2) is 9.69 Å². The number of amides is 5. The molecule has 0 unspecified atom stereocenters. The van der Waals surface area contributed by atoms with E-state index in [1.807, 2.05) is 0 Å². The molecule has 1 N–H and O–H groups in total. The average Bonchev–Trinajstić information content (AvgIpc) is 3.14. The van der Waals surface area contributed by atoms with Gasteiger partial charge < -0.3 is 5.32 Å². The normalized spacial score (nSPS) is 18.6. The van der Waals surface area contributed by atoms with Crippen LogP contribution in [0.2, 0.25) is 0 Å². The van der Waals surface area contributed by atoms with Crippen molar-refractivity contribution in [2.75, 3.05) is 11.9 Å². The number of hydrogen-bond donors (Lipinski definition) is 1. The van der Waals surface area contributed by atoms with Gasteiger partial charge in [-0.15, -0.1) is 0 Å². The number of nitrogens with zero attached hydrogens (tertiary/aromatic N) is 2. The van der Waals surface area contributed by atoms with Crippen molar-refractivity contribution in [1.82, 2.24) is 9.80 Å². The standard InChI is InChI=1S/C16H16BrN3O4/c17-11-7-3-4-8-12(11)18-13(21)9-19-14(22)15(23)20(16(19)24)10-5-1-2-6-10/h3-4,7-8,10H,1-2,5-6,9H2,(H,18,21). The third-order valence-corrected chi connectivity index (χ3v) is 4.91. The van der Waals surface area contributed by atoms with Crippen molar-refractivity contribution >= 4 is 45.4 Å². The number of halogens is 1. The molecular weight excluding hydrogens is 378 g/mol. The summed E-state index contributed by atoms with van der Waals surface area (Å²) in [5.41, 5.74) is 0.528. The SMILES string of the molecule is O=C(CN1C(=O)C(=O)N(C2CCCC2)C1=O)Nc1ccccc1Br. The summed E-state index contributed by atoms with van der Waals surface area (Å²) in [5, 5.41) is 2.62. The third-order valence-electron chi connectivity index (χ3n) is 4.22. The van der Waals surface area contributed by atoms with Crippen LogP contribution in [0.4, 0.5) is 10.5 Å². The second kappa shape index (κ2) is 6.72. The molecule has 24 heavy (non-hydrogen) atoms. The van der Waals surface area contributed by atoms with Gasteiger partial charge in [0.15, 0.2) is 0 Å². The van der Waals surface area contributed by atoms with Crippen molar-refractivity contribution < 1.29 is 19.2 Å². The van der Waals surface area contributed by atoms with Gasteiger partial charge in [-0.05, 0) is 40.9 Å². The molecule has 2 aliphatic rings. The Morgan fingerprint density at radius 3 is 2.46 bits per heavy atom. The van der Waals surface area contributed by atoms with E-state index in [-0.39, 0.29) is 6.04 Å². The predicted molar refractivity (Wildman–Crippen MR) is 89.0 cm³/mol. The van der Waals surface area contributed by atoms with Crippen molar-refractivity contribution in [3.05, 3.63) is 28.7 Å². The molecule has 1 heterocycles. The maximum atomic E-state index is 12.4. The zero-order valence-electron chi connectivity index (χ0n) is 12.8. The first-order chi connectivity index (χ1) is 11.5. The molecule has 1 aliphatic carbocycles. The lowest BCUT2D eigenvalue weighted by Gasteiger charge is -2.20. The minimum absolute atomic E-state index is 0.231. The quantitative estimate of drug-likeness (QED) is 0.626. The number of carbonyl (C=O) groups is 4. The maximum Gasteiger partial charge on any atom is 0.334 e. The summed E-state index contributed by atoms with van der Waals surface area (Å²) in [6, 6.07) is 6.06. The number of imide groups is 2. The first-order valence-corrected chi connectivity index (χ1v) is 8.51. The van der Waals surface area contributed by atoms with Crippen LogP contribution in [0.5, 0.6) is 0 Å². The molecule has 3 rings (SSSR count). The summed E-state index contributed by atoms with van der Waals surface area (Å²) in [7, 11) is 0. The summed E-state index contributed by atoms with van der Waals surface area (Å²) in [4.78, 5) is 50.4. The van der Waals surface area contributed by atoms with E-state index in [4.69, 9.17) is 0 Å². The molecule has 0 atom stereocenters. The van der Waals surface area contributed by atoms with Gasteiger partial charge in [-0.3, -0.25) is 19.3 Å². The van der Waals surface area contributed by atoms with Crippen molar-refractivity contribution in [2.45, 2.75) is 31.7 Å². The number of hydrogen-bond acceptors (Lipinski definition) is 4. The molecule has 0 bridgehead atoms. The Balaban J connectivity index is 1.69. The summed E-state index contributed by atoms with van der Waals surface area (Å²) in [5.74, 6) is -2.31. The smallest absolute Gasteiger partial charge is 0.323 e. The monoisotopic (exact) mass is 393 g/mol. The van der Waals surface area contributed by atoms with E-state index in [9.17, 15) is 19.2 Å². The fourth-order valence-electron chi connectivity index (χ4n) is 3.04. The van der Waals surface area contributed by atoms with E-state index in [1.54, 1.807) is 24.3 Å². The third kappa shape index (κ3) is 3.06. The molecule has 0 aromatic heterocycles. The second-order valence-electron chi connectivity index (χ2n) is 5.82. The molecule has 2 fully saturated rings. The zero-order valence-corrected chi connectivity index (χ0v) is 14.4. The number of nitrogens with one attached hydrogen (secondary N) is 1. The molecule has 0 spiro atoms. The molecule has 1 saturated heterocycles. The molecular formula is C16H16BrN3O4. The largest absolute Gasteiger partial charge is 0.334 e. The molecule has 1 aromatic carbocycles. The van der Waals surface area contributed by atoms with Gasteiger partial charge in [0.25, 0.3) is 0 Å². The topological polar surface area (TPSA) is 86.8 Å². The van der Waals surface area contributed by atoms with E-state index in [1.165, 1.54) is 0 Å². The highest BCUT2D eigenvalue weighted by molar-refractivity contribution is 9.10. The Kier molecular flexibility index (Phi) is 4.66. The number of carbonyl (C=O) groups excluding carboxylic acids is 4. The highest BCUT2D eigenvalue weighted by atomic mass is 79.9. The number of benzene rings is 1. The number of urea groups is 1. The molecule has 0 radical (unpaired) electrons. The summed E-state index contributed by atoms with van der Waals surface area (Å²) < 4.78 is 0.682. The van der Waals surface area contributed by atoms with Crippen LogP contribution in [0.3, 0.4) is 0 Å². The summed E-state index contributed by atoms with van der Waals surface area (Å²) in [6.07, 6.45) is 3.28. The van der Waals surface area contributed by atoms with Crippen LogP contribution < -0.4 is 5.32 Å². The van der Waals surface area contributed by atoms with Crippen molar-refractivity contribution in [2.24, 2.45) is 0 Å².